The van der Waals surface area contributed by atoms with Crippen LogP contribution in [0.2, 0.25) is 0 Å². The van der Waals surface area contributed by atoms with Crippen molar-refractivity contribution in [1.29, 1.82) is 0 Å². The van der Waals surface area contributed by atoms with E-state index in [-0.39, 0.29) is 25.7 Å². The van der Waals surface area contributed by atoms with Crippen molar-refractivity contribution in [3.8, 4) is 0 Å². The summed E-state index contributed by atoms with van der Waals surface area (Å²) < 4.78 is 0. The smallest absolute Gasteiger partial charge is 0.278 e. The minimum absolute atomic E-state index is 0.00775. The summed E-state index contributed by atoms with van der Waals surface area (Å²) in [5.41, 5.74) is 9.33. The number of quaternary nitrogens is 1. The zero-order chi connectivity index (χ0) is 17.1. The molecule has 0 rings (SSSR count). The second-order valence-electron chi connectivity index (χ2n) is 4.48. The Morgan fingerprint density at radius 1 is 0.818 bits per heavy atom. The van der Waals surface area contributed by atoms with E-state index < -0.39 is 35.7 Å². The molecule has 0 unspecified atom stereocenters. The number of rotatable bonds is 9. The van der Waals surface area contributed by atoms with Gasteiger partial charge in [0.15, 0.2) is 6.04 Å². The van der Waals surface area contributed by atoms with Gasteiger partial charge in [-0.3, -0.25) is 35.5 Å². The highest BCUT2D eigenvalue weighted by atomic mass is 16.2. The van der Waals surface area contributed by atoms with Crippen LogP contribution in [0, 0.1) is 0 Å². The molecule has 0 aromatic heterocycles. The summed E-state index contributed by atoms with van der Waals surface area (Å²) in [4.78, 5) is 45.5. The van der Waals surface area contributed by atoms with Crippen molar-refractivity contribution in [3.63, 3.8) is 0 Å². The molecule has 0 saturated carbocycles. The number of carbonyl (C=O) groups is 4. The summed E-state index contributed by atoms with van der Waals surface area (Å²) in [5.74, 6) is 12.7. The number of hydrogen-bond donors (Lipinski definition) is 8. The van der Waals surface area contributed by atoms with Crippen LogP contribution in [0.1, 0.15) is 25.7 Å². The van der Waals surface area contributed by atoms with Gasteiger partial charge in [-0.2, -0.15) is 0 Å². The Kier molecular flexibility index (Phi) is 9.36. The predicted molar refractivity (Wildman–Crippen MR) is 74.1 cm³/mol. The second kappa shape index (κ2) is 10.4. The predicted octanol–water partition coefficient (Wildman–Crippen LogP) is -5.39. The molecular formula is C10H23N8O4+. The first-order chi connectivity index (χ1) is 10.3. The lowest BCUT2D eigenvalue weighted by Crippen LogP contribution is -2.69. The molecule has 0 fully saturated rings. The third kappa shape index (κ3) is 7.49. The van der Waals surface area contributed by atoms with E-state index in [1.165, 1.54) is 0 Å². The molecule has 0 aliphatic rings. The Hall–Kier alpha value is -2.28. The maximum absolute atomic E-state index is 11.9. The average Bonchev–Trinajstić information content (AvgIpc) is 2.54. The minimum atomic E-state index is -1.01. The molecule has 13 N–H and O–H groups in total. The fourth-order valence-electron chi connectivity index (χ4n) is 1.52. The first kappa shape index (κ1) is 19.7. The van der Waals surface area contributed by atoms with Gasteiger partial charge in [0, 0.05) is 19.3 Å². The van der Waals surface area contributed by atoms with Crippen molar-refractivity contribution >= 4 is 23.6 Å². The van der Waals surface area contributed by atoms with Crippen LogP contribution in [0.5, 0.6) is 0 Å². The van der Waals surface area contributed by atoms with Crippen LogP contribution in [0.25, 0.3) is 0 Å². The third-order valence-electron chi connectivity index (χ3n) is 2.85. The molecule has 2 atom stereocenters. The average molecular weight is 319 g/mol. The van der Waals surface area contributed by atoms with Crippen LogP contribution >= 0.6 is 0 Å². The Morgan fingerprint density at radius 2 is 1.32 bits per heavy atom. The van der Waals surface area contributed by atoms with E-state index in [1.54, 1.807) is 0 Å². The summed E-state index contributed by atoms with van der Waals surface area (Å²) >= 11 is 0. The summed E-state index contributed by atoms with van der Waals surface area (Å²) in [7, 11) is 0. The Bertz CT molecular complexity index is 416. The summed E-state index contributed by atoms with van der Waals surface area (Å²) in [6.07, 6.45) is 0.0939. The molecule has 0 heterocycles. The Labute approximate surface area is 126 Å². The molecular weight excluding hydrogens is 296 g/mol. The summed E-state index contributed by atoms with van der Waals surface area (Å²) in [6.45, 7) is 0. The highest BCUT2D eigenvalue weighted by Crippen LogP contribution is 2.00. The van der Waals surface area contributed by atoms with Crippen LogP contribution in [0.15, 0.2) is 0 Å². The number of amides is 4. The van der Waals surface area contributed by atoms with Crippen molar-refractivity contribution in [2.75, 3.05) is 0 Å². The molecule has 0 saturated heterocycles. The number of hydrogen-bond acceptors (Lipinski definition) is 7. The Balaban J connectivity index is 4.50. The van der Waals surface area contributed by atoms with Gasteiger partial charge in [0.25, 0.3) is 11.8 Å². The molecule has 0 aliphatic carbocycles. The van der Waals surface area contributed by atoms with Gasteiger partial charge in [0.05, 0.1) is 0 Å². The summed E-state index contributed by atoms with van der Waals surface area (Å²) in [6, 6.07) is -1.78. The van der Waals surface area contributed by atoms with Gasteiger partial charge in [-0.15, -0.1) is 0 Å². The van der Waals surface area contributed by atoms with Gasteiger partial charge >= 0.3 is 0 Å². The van der Waals surface area contributed by atoms with Crippen molar-refractivity contribution in [2.24, 2.45) is 17.5 Å². The van der Waals surface area contributed by atoms with Crippen LogP contribution in [0.3, 0.4) is 0 Å². The largest absolute Gasteiger partial charge is 0.347 e. The normalized spacial score (nSPS) is 12.7. The van der Waals surface area contributed by atoms with E-state index in [0.717, 1.165) is 0 Å². The zero-order valence-corrected chi connectivity index (χ0v) is 12.1. The van der Waals surface area contributed by atoms with E-state index in [4.69, 9.17) is 17.5 Å². The van der Waals surface area contributed by atoms with Gasteiger partial charge in [-0.25, -0.2) is 17.5 Å². The van der Waals surface area contributed by atoms with E-state index in [0.29, 0.717) is 0 Å². The van der Waals surface area contributed by atoms with Crippen LogP contribution in [0.4, 0.5) is 0 Å². The van der Waals surface area contributed by atoms with Crippen LogP contribution < -0.4 is 44.9 Å². The fourth-order valence-corrected chi connectivity index (χ4v) is 1.52. The number of hydrazine groups is 3. The molecule has 4 amide bonds. The van der Waals surface area contributed by atoms with Crippen LogP contribution in [-0.2, 0) is 19.2 Å². The molecule has 22 heavy (non-hydrogen) atoms. The third-order valence-corrected chi connectivity index (χ3v) is 2.85. The van der Waals surface area contributed by atoms with E-state index in [1.807, 2.05) is 16.3 Å². The van der Waals surface area contributed by atoms with Crippen molar-refractivity contribution < 1.29 is 24.9 Å². The van der Waals surface area contributed by atoms with Gasteiger partial charge < -0.3 is 11.1 Å². The first-order valence-corrected chi connectivity index (χ1v) is 6.48. The fraction of sp³-hybridized carbons (Fsp3) is 0.600. The monoisotopic (exact) mass is 319 g/mol. The quantitative estimate of drug-likeness (QED) is 0.117. The Morgan fingerprint density at radius 3 is 1.77 bits per heavy atom. The molecule has 126 valence electrons. The molecule has 12 heteroatoms. The number of carbonyl (C=O) groups excluding carboxylic acids is 4. The van der Waals surface area contributed by atoms with E-state index in [2.05, 4.69) is 11.1 Å². The molecule has 0 aromatic rings. The lowest BCUT2D eigenvalue weighted by Gasteiger charge is -2.18. The lowest BCUT2D eigenvalue weighted by molar-refractivity contribution is -0.405. The SMILES string of the molecule is NNC(=O)CC[C@H](NC(=O)[C@@H]([NH3+])CCC(=O)NN)C(=O)NN. The molecule has 12 nitrogen and oxygen atoms in total. The molecule has 0 bridgehead atoms. The van der Waals surface area contributed by atoms with Gasteiger partial charge in [0.2, 0.25) is 11.8 Å². The highest BCUT2D eigenvalue weighted by Gasteiger charge is 2.25. The molecule has 0 spiro atoms. The van der Waals surface area contributed by atoms with Crippen LogP contribution in [-0.4, -0.2) is 35.7 Å². The standard InChI is InChI=1S/C10H22N8O4/c11-5(1-3-7(19)16-12)9(21)15-6(10(22)18-14)2-4-8(20)17-13/h5-6H,1-4,11-14H2,(H,15,21)(H,16,19)(H,17,20)(H,18,22)/p+1/t5-,6-/m0/s1. The molecule has 0 aromatic carbocycles. The minimum Gasteiger partial charge on any atom is -0.347 e. The van der Waals surface area contributed by atoms with Gasteiger partial charge in [-0.1, -0.05) is 0 Å². The molecule has 0 aliphatic heterocycles. The van der Waals surface area contributed by atoms with Gasteiger partial charge in [0.1, 0.15) is 6.04 Å². The lowest BCUT2D eigenvalue weighted by atomic mass is 10.1. The second-order valence-corrected chi connectivity index (χ2v) is 4.48. The number of nitrogens with two attached hydrogens (primary N) is 3. The van der Waals surface area contributed by atoms with E-state index >= 15 is 0 Å². The highest BCUT2D eigenvalue weighted by molar-refractivity contribution is 5.89. The van der Waals surface area contributed by atoms with Gasteiger partial charge in [-0.05, 0) is 6.42 Å². The maximum atomic E-state index is 11.9. The first-order valence-electron chi connectivity index (χ1n) is 6.48. The van der Waals surface area contributed by atoms with Crippen molar-refractivity contribution in [3.05, 3.63) is 0 Å². The zero-order valence-electron chi connectivity index (χ0n) is 12.1. The molecule has 0 radical (unpaired) electrons. The van der Waals surface area contributed by atoms with Crippen molar-refractivity contribution in [1.82, 2.24) is 21.6 Å². The summed E-state index contributed by atoms with van der Waals surface area (Å²) in [5, 5.41) is 2.41. The maximum Gasteiger partial charge on any atom is 0.278 e. The topological polar surface area (TPSA) is 222 Å². The number of nitrogens with one attached hydrogen (secondary N) is 4. The van der Waals surface area contributed by atoms with E-state index in [9.17, 15) is 19.2 Å². The van der Waals surface area contributed by atoms with Crippen molar-refractivity contribution in [2.45, 2.75) is 37.8 Å².